The SMILES string of the molecule is Oc1ccc(CC[Si](Cl)(C2CCCCC2)C2CCCCC2)cc1. The molecule has 23 heavy (non-hydrogen) atoms. The van der Waals surface area contributed by atoms with Gasteiger partial charge in [0.05, 0.1) is 0 Å². The molecule has 1 aromatic rings. The van der Waals surface area contributed by atoms with Crippen LogP contribution in [0.1, 0.15) is 69.8 Å². The van der Waals surface area contributed by atoms with Crippen LogP contribution in [0, 0.1) is 0 Å². The maximum absolute atomic E-state index is 9.48. The second-order valence-electron chi connectivity index (χ2n) is 7.76. The van der Waals surface area contributed by atoms with E-state index >= 15 is 0 Å². The summed E-state index contributed by atoms with van der Waals surface area (Å²) in [6, 6.07) is 9.00. The predicted molar refractivity (Wildman–Crippen MR) is 102 cm³/mol. The van der Waals surface area contributed by atoms with Gasteiger partial charge in [-0.2, -0.15) is 11.1 Å². The van der Waals surface area contributed by atoms with Gasteiger partial charge in [-0.15, -0.1) is 0 Å². The molecule has 128 valence electrons. The van der Waals surface area contributed by atoms with Crippen LogP contribution >= 0.6 is 11.1 Å². The minimum absolute atomic E-state index is 0.364. The largest absolute Gasteiger partial charge is 0.508 e. The summed E-state index contributed by atoms with van der Waals surface area (Å²) >= 11 is 7.57. The van der Waals surface area contributed by atoms with Crippen molar-refractivity contribution < 1.29 is 5.11 Å². The van der Waals surface area contributed by atoms with Gasteiger partial charge >= 0.3 is 0 Å². The van der Waals surface area contributed by atoms with E-state index in [1.807, 2.05) is 12.1 Å². The second kappa shape index (κ2) is 8.07. The standard InChI is InChI=1S/C20H31ClOSi/c21-23(19-7-3-1-4-8-19,20-9-5-2-6-10-20)16-15-17-11-13-18(22)14-12-17/h11-14,19-20,22H,1-10,15-16H2. The molecule has 1 nitrogen and oxygen atoms in total. The molecule has 0 unspecified atom stereocenters. The van der Waals surface area contributed by atoms with Crippen molar-refractivity contribution in [1.82, 2.24) is 0 Å². The van der Waals surface area contributed by atoms with E-state index in [1.54, 1.807) is 0 Å². The maximum Gasteiger partial charge on any atom is 0.162 e. The summed E-state index contributed by atoms with van der Waals surface area (Å²) in [6.45, 7) is 0. The second-order valence-corrected chi connectivity index (χ2v) is 13.9. The Morgan fingerprint density at radius 1 is 0.826 bits per heavy atom. The monoisotopic (exact) mass is 350 g/mol. The highest BCUT2D eigenvalue weighted by atomic mass is 35.6. The van der Waals surface area contributed by atoms with Crippen LogP contribution in [0.15, 0.2) is 24.3 Å². The first-order valence-corrected chi connectivity index (χ1v) is 13.0. The third-order valence-electron chi connectivity index (χ3n) is 6.30. The molecule has 0 radical (unpaired) electrons. The molecule has 0 saturated heterocycles. The van der Waals surface area contributed by atoms with Crippen molar-refractivity contribution in [2.24, 2.45) is 0 Å². The predicted octanol–water partition coefficient (Wildman–Crippen LogP) is 6.79. The smallest absolute Gasteiger partial charge is 0.162 e. The van der Waals surface area contributed by atoms with E-state index in [-0.39, 0.29) is 0 Å². The normalized spacial score (nSPS) is 21.4. The molecule has 1 aromatic carbocycles. The molecule has 2 aliphatic rings. The van der Waals surface area contributed by atoms with Crippen molar-refractivity contribution in [3.63, 3.8) is 0 Å². The van der Waals surface area contributed by atoms with Crippen molar-refractivity contribution in [2.75, 3.05) is 0 Å². The summed E-state index contributed by atoms with van der Waals surface area (Å²) in [5.74, 6) is 0.364. The van der Waals surface area contributed by atoms with E-state index in [1.165, 1.54) is 75.8 Å². The molecule has 0 aliphatic heterocycles. The number of halogens is 1. The van der Waals surface area contributed by atoms with Crippen LogP contribution in [-0.4, -0.2) is 12.5 Å². The Bertz CT molecular complexity index is 457. The maximum atomic E-state index is 9.48. The minimum atomic E-state index is -1.73. The van der Waals surface area contributed by atoms with Gasteiger partial charge in [0.15, 0.2) is 7.38 Å². The molecule has 3 heteroatoms. The average Bonchev–Trinajstić information content (AvgIpc) is 2.62. The van der Waals surface area contributed by atoms with Crippen molar-refractivity contribution >= 4 is 18.5 Å². The molecule has 2 aliphatic carbocycles. The lowest BCUT2D eigenvalue weighted by atomic mass is 9.99. The molecule has 0 amide bonds. The van der Waals surface area contributed by atoms with Gasteiger partial charge in [0.2, 0.25) is 0 Å². The van der Waals surface area contributed by atoms with Gasteiger partial charge in [-0.3, -0.25) is 0 Å². The number of phenolic OH excluding ortho intramolecular Hbond substituents is 1. The van der Waals surface area contributed by atoms with Crippen molar-refractivity contribution in [1.29, 1.82) is 0 Å². The van der Waals surface area contributed by atoms with E-state index in [4.69, 9.17) is 11.1 Å². The summed E-state index contributed by atoms with van der Waals surface area (Å²) in [7, 11) is -1.73. The van der Waals surface area contributed by atoms with Crippen LogP contribution < -0.4 is 0 Å². The van der Waals surface area contributed by atoms with Gasteiger partial charge < -0.3 is 5.11 Å². The zero-order valence-corrected chi connectivity index (χ0v) is 16.0. The summed E-state index contributed by atoms with van der Waals surface area (Å²) in [5, 5.41) is 9.48. The minimum Gasteiger partial charge on any atom is -0.508 e. The number of rotatable bonds is 5. The van der Waals surface area contributed by atoms with Crippen molar-refractivity contribution in [3.8, 4) is 5.75 Å². The van der Waals surface area contributed by atoms with Gasteiger partial charge in [0.25, 0.3) is 0 Å². The number of hydrogen-bond donors (Lipinski definition) is 1. The van der Waals surface area contributed by atoms with E-state index in [0.717, 1.165) is 17.5 Å². The molecule has 2 saturated carbocycles. The summed E-state index contributed by atoms with van der Waals surface area (Å²) in [5.41, 5.74) is 3.03. The molecule has 3 rings (SSSR count). The lowest BCUT2D eigenvalue weighted by molar-refractivity contribution is 0.456. The number of benzene rings is 1. The van der Waals surface area contributed by atoms with Crippen molar-refractivity contribution in [3.05, 3.63) is 29.8 Å². The van der Waals surface area contributed by atoms with Crippen LogP contribution in [0.3, 0.4) is 0 Å². The van der Waals surface area contributed by atoms with Gasteiger partial charge in [0.1, 0.15) is 5.75 Å². The average molecular weight is 351 g/mol. The topological polar surface area (TPSA) is 20.2 Å². The fourth-order valence-corrected chi connectivity index (χ4v) is 11.4. The number of phenols is 1. The fourth-order valence-electron chi connectivity index (χ4n) is 4.91. The van der Waals surface area contributed by atoms with Gasteiger partial charge in [-0.25, -0.2) is 0 Å². The summed E-state index contributed by atoms with van der Waals surface area (Å²) < 4.78 is 0. The van der Waals surface area contributed by atoms with Crippen LogP contribution in [0.5, 0.6) is 5.75 Å². The Balaban J connectivity index is 1.72. The van der Waals surface area contributed by atoms with Crippen LogP contribution in [0.4, 0.5) is 0 Å². The Morgan fingerprint density at radius 3 is 1.78 bits per heavy atom. The van der Waals surface area contributed by atoms with E-state index in [9.17, 15) is 5.11 Å². The first-order chi connectivity index (χ1) is 11.2. The zero-order valence-electron chi connectivity index (χ0n) is 14.3. The molecule has 2 fully saturated rings. The Kier molecular flexibility index (Phi) is 6.09. The van der Waals surface area contributed by atoms with Gasteiger partial charge in [-0.1, -0.05) is 76.3 Å². The third kappa shape index (κ3) is 4.33. The van der Waals surface area contributed by atoms with Gasteiger partial charge in [0, 0.05) is 0 Å². The van der Waals surface area contributed by atoms with Crippen LogP contribution in [0.25, 0.3) is 0 Å². The molecule has 1 N–H and O–H groups in total. The quantitative estimate of drug-likeness (QED) is 0.458. The summed E-state index contributed by atoms with van der Waals surface area (Å²) in [6.07, 6.45) is 15.1. The Hall–Kier alpha value is -0.473. The van der Waals surface area contributed by atoms with E-state index < -0.39 is 7.38 Å². The summed E-state index contributed by atoms with van der Waals surface area (Å²) in [4.78, 5) is 0. The molecular weight excluding hydrogens is 320 g/mol. The molecular formula is C20H31ClOSi. The Labute approximate surface area is 147 Å². The number of aryl methyl sites for hydroxylation is 1. The lowest BCUT2D eigenvalue weighted by Crippen LogP contribution is -2.41. The van der Waals surface area contributed by atoms with Crippen LogP contribution in [-0.2, 0) is 6.42 Å². The Morgan fingerprint density at radius 2 is 1.30 bits per heavy atom. The fraction of sp³-hybridized carbons (Fsp3) is 0.700. The zero-order chi connectivity index (χ0) is 16.1. The molecule has 0 spiro atoms. The van der Waals surface area contributed by atoms with Crippen molar-refractivity contribution in [2.45, 2.75) is 87.8 Å². The van der Waals surface area contributed by atoms with E-state index in [0.29, 0.717) is 5.75 Å². The van der Waals surface area contributed by atoms with E-state index in [2.05, 4.69) is 12.1 Å². The number of aromatic hydroxyl groups is 1. The van der Waals surface area contributed by atoms with Gasteiger partial charge in [-0.05, 0) is 41.2 Å². The molecule has 0 heterocycles. The lowest BCUT2D eigenvalue weighted by Gasteiger charge is -2.43. The third-order valence-corrected chi connectivity index (χ3v) is 13.6. The highest BCUT2D eigenvalue weighted by molar-refractivity contribution is 7.21. The number of hydrogen-bond acceptors (Lipinski definition) is 1. The van der Waals surface area contributed by atoms with Crippen LogP contribution in [0.2, 0.25) is 17.1 Å². The first kappa shape index (κ1) is 17.4. The molecule has 0 atom stereocenters. The highest BCUT2D eigenvalue weighted by Crippen LogP contribution is 2.52. The highest BCUT2D eigenvalue weighted by Gasteiger charge is 2.46. The molecule has 0 bridgehead atoms. The first-order valence-electron chi connectivity index (χ1n) is 9.65. The molecule has 0 aromatic heterocycles.